The zero-order chi connectivity index (χ0) is 23.8. The number of nitrogens with zero attached hydrogens (tertiary/aromatic N) is 4. The number of nitrogens with two attached hydrogens (primary N) is 2. The molecule has 0 aromatic carbocycles. The smallest absolute Gasteiger partial charge is 0.192 e. The number of rotatable bonds is 10. The van der Waals surface area contributed by atoms with Crippen molar-refractivity contribution in [1.82, 2.24) is 31.5 Å². The summed E-state index contributed by atoms with van der Waals surface area (Å²) < 4.78 is 0. The van der Waals surface area contributed by atoms with E-state index in [0.717, 1.165) is 39.3 Å². The van der Waals surface area contributed by atoms with Gasteiger partial charge in [0.2, 0.25) is 0 Å². The number of guanidine groups is 2. The van der Waals surface area contributed by atoms with Crippen molar-refractivity contribution < 1.29 is 0 Å². The summed E-state index contributed by atoms with van der Waals surface area (Å²) >= 11 is 0. The summed E-state index contributed by atoms with van der Waals surface area (Å²) in [6.45, 7) is 7.12. The van der Waals surface area contributed by atoms with Gasteiger partial charge in [0, 0.05) is 39.3 Å². The maximum absolute atomic E-state index is 6.17. The van der Waals surface area contributed by atoms with Crippen molar-refractivity contribution in [2.75, 3.05) is 52.6 Å². The van der Waals surface area contributed by atoms with Crippen LogP contribution in [0.5, 0.6) is 0 Å². The highest BCUT2D eigenvalue weighted by atomic mass is 15.4. The largest absolute Gasteiger partial charge is 0.370 e. The third-order valence-corrected chi connectivity index (χ3v) is 7.42. The van der Waals surface area contributed by atoms with Crippen LogP contribution < -0.4 is 33.2 Å². The van der Waals surface area contributed by atoms with Gasteiger partial charge in [-0.3, -0.25) is 10.9 Å². The second kappa shape index (κ2) is 16.1. The van der Waals surface area contributed by atoms with Crippen LogP contribution in [0.2, 0.25) is 0 Å². The number of hydrogen-bond donors (Lipinski definition) is 6. The van der Waals surface area contributed by atoms with Gasteiger partial charge in [0.05, 0.1) is 0 Å². The van der Waals surface area contributed by atoms with Crippen LogP contribution in [0.1, 0.15) is 77.0 Å². The summed E-state index contributed by atoms with van der Waals surface area (Å²) in [5, 5.41) is 0. The van der Waals surface area contributed by atoms with Gasteiger partial charge in [0.1, 0.15) is 13.3 Å². The van der Waals surface area contributed by atoms with Crippen molar-refractivity contribution in [3.8, 4) is 0 Å². The lowest BCUT2D eigenvalue weighted by atomic mass is 9.81. The predicted octanol–water partition coefficient (Wildman–Crippen LogP) is 1.28. The fourth-order valence-corrected chi connectivity index (χ4v) is 5.36. The first-order valence-corrected chi connectivity index (χ1v) is 13.7. The van der Waals surface area contributed by atoms with Crippen LogP contribution in [-0.2, 0) is 0 Å². The first-order valence-electron chi connectivity index (χ1n) is 13.7. The SMILES string of the molecule is NC(=NCNNCC1CCCC(CNNCN=C(N)N2CCCCCC2)C1)N1CCCCCC1. The van der Waals surface area contributed by atoms with Crippen molar-refractivity contribution in [2.45, 2.75) is 77.0 Å². The molecule has 34 heavy (non-hydrogen) atoms. The van der Waals surface area contributed by atoms with Crippen LogP contribution in [0.4, 0.5) is 0 Å². The van der Waals surface area contributed by atoms with Gasteiger partial charge < -0.3 is 21.3 Å². The van der Waals surface area contributed by atoms with E-state index >= 15 is 0 Å². The number of nitrogens with one attached hydrogen (secondary N) is 4. The molecule has 0 spiro atoms. The summed E-state index contributed by atoms with van der Waals surface area (Å²) in [7, 11) is 0. The van der Waals surface area contributed by atoms with E-state index in [1.54, 1.807) is 0 Å². The molecule has 2 unspecified atom stereocenters. The van der Waals surface area contributed by atoms with E-state index in [2.05, 4.69) is 41.5 Å². The monoisotopic (exact) mass is 478 g/mol. The number of aliphatic imine (C=N–C) groups is 2. The summed E-state index contributed by atoms with van der Waals surface area (Å²) in [6.07, 6.45) is 15.2. The van der Waals surface area contributed by atoms with Crippen LogP contribution in [0.15, 0.2) is 9.98 Å². The van der Waals surface area contributed by atoms with Crippen LogP contribution in [-0.4, -0.2) is 74.3 Å². The van der Waals surface area contributed by atoms with Gasteiger partial charge in [-0.25, -0.2) is 20.8 Å². The molecular formula is C24H50N10. The Morgan fingerprint density at radius 2 is 1.00 bits per heavy atom. The highest BCUT2D eigenvalue weighted by Crippen LogP contribution is 2.27. The maximum Gasteiger partial charge on any atom is 0.192 e. The average molecular weight is 479 g/mol. The number of likely N-dealkylation sites (tertiary alicyclic amines) is 2. The quantitative estimate of drug-likeness (QED) is 0.120. The second-order valence-corrected chi connectivity index (χ2v) is 10.2. The van der Waals surface area contributed by atoms with Crippen molar-refractivity contribution in [3.63, 3.8) is 0 Å². The zero-order valence-electron chi connectivity index (χ0n) is 21.2. The van der Waals surface area contributed by atoms with E-state index in [-0.39, 0.29) is 0 Å². The molecule has 2 aliphatic heterocycles. The van der Waals surface area contributed by atoms with Crippen molar-refractivity contribution in [3.05, 3.63) is 0 Å². The lowest BCUT2D eigenvalue weighted by Gasteiger charge is -2.29. The minimum Gasteiger partial charge on any atom is -0.370 e. The third kappa shape index (κ3) is 10.3. The highest BCUT2D eigenvalue weighted by Gasteiger charge is 2.21. The highest BCUT2D eigenvalue weighted by molar-refractivity contribution is 5.78. The molecule has 3 fully saturated rings. The maximum atomic E-state index is 6.17. The molecule has 2 heterocycles. The van der Waals surface area contributed by atoms with Gasteiger partial charge >= 0.3 is 0 Å². The Hall–Kier alpha value is -1.62. The van der Waals surface area contributed by atoms with Crippen molar-refractivity contribution in [2.24, 2.45) is 33.3 Å². The van der Waals surface area contributed by atoms with E-state index in [0.29, 0.717) is 37.1 Å². The molecule has 1 saturated carbocycles. The van der Waals surface area contributed by atoms with Crippen LogP contribution >= 0.6 is 0 Å². The van der Waals surface area contributed by atoms with Gasteiger partial charge in [-0.15, -0.1) is 0 Å². The minimum absolute atomic E-state index is 0.519. The average Bonchev–Trinajstić information content (AvgIpc) is 3.29. The summed E-state index contributed by atoms with van der Waals surface area (Å²) in [4.78, 5) is 13.4. The van der Waals surface area contributed by atoms with E-state index < -0.39 is 0 Å². The normalized spacial score (nSPS) is 25.8. The second-order valence-electron chi connectivity index (χ2n) is 10.2. The molecule has 2 saturated heterocycles. The van der Waals surface area contributed by atoms with Crippen molar-refractivity contribution >= 4 is 11.9 Å². The number of hydrazine groups is 2. The van der Waals surface area contributed by atoms with Gasteiger partial charge in [-0.2, -0.15) is 0 Å². The fraction of sp³-hybridized carbons (Fsp3) is 0.917. The topological polar surface area (TPSA) is 131 Å². The Morgan fingerprint density at radius 3 is 1.41 bits per heavy atom. The third-order valence-electron chi connectivity index (χ3n) is 7.42. The molecule has 10 nitrogen and oxygen atoms in total. The van der Waals surface area contributed by atoms with E-state index in [9.17, 15) is 0 Å². The molecule has 8 N–H and O–H groups in total. The van der Waals surface area contributed by atoms with Crippen molar-refractivity contribution in [1.29, 1.82) is 0 Å². The molecule has 3 aliphatic rings. The number of hydrogen-bond acceptors (Lipinski definition) is 6. The summed E-state index contributed by atoms with van der Waals surface area (Å²) in [6, 6.07) is 0. The summed E-state index contributed by atoms with van der Waals surface area (Å²) in [5.74, 6) is 2.73. The lowest BCUT2D eigenvalue weighted by molar-refractivity contribution is 0.240. The Morgan fingerprint density at radius 1 is 0.588 bits per heavy atom. The predicted molar refractivity (Wildman–Crippen MR) is 141 cm³/mol. The van der Waals surface area contributed by atoms with Crippen LogP contribution in [0, 0.1) is 11.8 Å². The van der Waals surface area contributed by atoms with Gasteiger partial charge in [0.15, 0.2) is 11.9 Å². The Balaban J connectivity index is 1.23. The minimum atomic E-state index is 0.519. The molecule has 0 aromatic heterocycles. The first kappa shape index (κ1) is 27.0. The molecule has 0 aromatic rings. The van der Waals surface area contributed by atoms with Gasteiger partial charge in [-0.1, -0.05) is 32.1 Å². The lowest BCUT2D eigenvalue weighted by Crippen LogP contribution is -2.42. The first-order chi connectivity index (χ1) is 16.7. The zero-order valence-corrected chi connectivity index (χ0v) is 21.2. The van der Waals surface area contributed by atoms with E-state index in [1.807, 2.05) is 0 Å². The molecule has 0 bridgehead atoms. The Kier molecular flexibility index (Phi) is 12.8. The molecule has 3 rings (SSSR count). The molecule has 2 atom stereocenters. The molecular weight excluding hydrogens is 428 g/mol. The molecule has 10 heteroatoms. The van der Waals surface area contributed by atoms with Crippen LogP contribution in [0.3, 0.4) is 0 Å². The Bertz CT molecular complexity index is 545. The van der Waals surface area contributed by atoms with E-state index in [4.69, 9.17) is 11.5 Å². The molecule has 1 aliphatic carbocycles. The molecule has 196 valence electrons. The van der Waals surface area contributed by atoms with Gasteiger partial charge in [-0.05, 0) is 56.8 Å². The van der Waals surface area contributed by atoms with Gasteiger partial charge in [0.25, 0.3) is 0 Å². The standard InChI is InChI=1S/C24H50N10/c25-23(33-12-5-1-2-6-13-33)27-19-31-29-17-21-10-9-11-22(16-21)18-30-32-20-28-24(26)34-14-7-3-4-8-15-34/h21-22,29-32H,1-20H2,(H2,25,27)(H2,26,28). The van der Waals surface area contributed by atoms with E-state index in [1.165, 1.54) is 77.0 Å². The van der Waals surface area contributed by atoms with Crippen LogP contribution in [0.25, 0.3) is 0 Å². The molecule has 0 amide bonds. The fourth-order valence-electron chi connectivity index (χ4n) is 5.36. The summed E-state index contributed by atoms with van der Waals surface area (Å²) in [5.41, 5.74) is 25.5. The Labute approximate surface area is 206 Å². The molecule has 0 radical (unpaired) electrons.